The Balaban J connectivity index is 2.49. The minimum absolute atomic E-state index is 0.0205. The van der Waals surface area contributed by atoms with Crippen molar-refractivity contribution < 1.29 is 4.79 Å². The summed E-state index contributed by atoms with van der Waals surface area (Å²) in [5, 5.41) is 0. The number of nitrogens with zero attached hydrogens (tertiary/aromatic N) is 1. The lowest BCUT2D eigenvalue weighted by atomic mass is 9.91. The normalized spacial score (nSPS) is 13.8. The third-order valence-corrected chi connectivity index (χ3v) is 5.07. The highest BCUT2D eigenvalue weighted by atomic mass is 32.1. The zero-order valence-corrected chi connectivity index (χ0v) is 16.0. The number of carbonyl (C=O) groups is 1. The first-order chi connectivity index (χ1) is 11.1. The van der Waals surface area contributed by atoms with Crippen molar-refractivity contribution in [3.63, 3.8) is 0 Å². The van der Waals surface area contributed by atoms with Gasteiger partial charge in [-0.15, -0.1) is 11.3 Å². The van der Waals surface area contributed by atoms with Gasteiger partial charge in [-0.25, -0.2) is 0 Å². The third kappa shape index (κ3) is 4.12. The molecule has 1 aromatic carbocycles. The molecule has 0 saturated heterocycles. The molecule has 0 unspecified atom stereocenters. The maximum Gasteiger partial charge on any atom is 0.268 e. The Morgan fingerprint density at radius 1 is 1.17 bits per heavy atom. The Morgan fingerprint density at radius 3 is 2.25 bits per heavy atom. The number of ketones is 1. The van der Waals surface area contributed by atoms with E-state index in [1.165, 1.54) is 16.9 Å². The average Bonchev–Trinajstić information content (AvgIpc) is 2.75. The van der Waals surface area contributed by atoms with Crippen molar-refractivity contribution in [2.24, 2.45) is 12.5 Å². The van der Waals surface area contributed by atoms with E-state index in [9.17, 15) is 9.59 Å². The first-order valence-electron chi connectivity index (χ1n) is 8.13. The second kappa shape index (κ2) is 6.89. The Hall–Kier alpha value is -1.94. The van der Waals surface area contributed by atoms with E-state index in [-0.39, 0.29) is 11.3 Å². The number of benzene rings is 1. The van der Waals surface area contributed by atoms with E-state index < -0.39 is 5.41 Å². The molecule has 0 aliphatic heterocycles. The lowest BCUT2D eigenvalue weighted by Gasteiger charge is -2.12. The third-order valence-electron chi connectivity index (χ3n) is 3.96. The number of Topliss-reactive ketones (excluding diaryl/α,β-unsaturated/α-hetero) is 1. The van der Waals surface area contributed by atoms with Crippen LogP contribution in [0.1, 0.15) is 51.7 Å². The molecule has 4 heteroatoms. The van der Waals surface area contributed by atoms with E-state index in [0.717, 1.165) is 5.56 Å². The number of carbonyl (C=O) groups excluding carboxylic acids is 1. The van der Waals surface area contributed by atoms with E-state index in [4.69, 9.17) is 0 Å². The van der Waals surface area contributed by atoms with Crippen molar-refractivity contribution in [1.82, 2.24) is 4.57 Å². The molecule has 24 heavy (non-hydrogen) atoms. The molecule has 0 atom stereocenters. The number of hydrogen-bond donors (Lipinski definition) is 0. The highest BCUT2D eigenvalue weighted by Crippen LogP contribution is 2.15. The zero-order valence-electron chi connectivity index (χ0n) is 15.2. The van der Waals surface area contributed by atoms with Crippen molar-refractivity contribution >= 4 is 29.3 Å². The van der Waals surface area contributed by atoms with Crippen LogP contribution < -0.4 is 14.8 Å². The fourth-order valence-electron chi connectivity index (χ4n) is 2.16. The van der Waals surface area contributed by atoms with Gasteiger partial charge in [0.1, 0.15) is 4.66 Å². The molecule has 0 radical (unpaired) electrons. The molecule has 0 saturated carbocycles. The molecule has 2 aromatic rings. The SMILES string of the molecule is CC(C)c1ccc(/C=c2/s/c(=C/C(=O)C(C)(C)C)n(C)c2=O)cc1. The Bertz CT molecular complexity index is 907. The van der Waals surface area contributed by atoms with Gasteiger partial charge in [0, 0.05) is 18.5 Å². The molecular weight excluding hydrogens is 318 g/mol. The number of thiazole rings is 1. The van der Waals surface area contributed by atoms with Gasteiger partial charge in [-0.05, 0) is 23.1 Å². The lowest BCUT2D eigenvalue weighted by Crippen LogP contribution is -2.30. The van der Waals surface area contributed by atoms with Crippen LogP contribution in [-0.4, -0.2) is 10.4 Å². The van der Waals surface area contributed by atoms with Gasteiger partial charge in [0.2, 0.25) is 0 Å². The second-order valence-corrected chi connectivity index (χ2v) is 8.46. The molecule has 1 aromatic heterocycles. The van der Waals surface area contributed by atoms with E-state index in [0.29, 0.717) is 15.1 Å². The first kappa shape index (κ1) is 18.4. The summed E-state index contributed by atoms with van der Waals surface area (Å²) in [6.07, 6.45) is 3.46. The summed E-state index contributed by atoms with van der Waals surface area (Å²) < 4.78 is 2.87. The molecule has 0 aliphatic rings. The summed E-state index contributed by atoms with van der Waals surface area (Å²) in [6, 6.07) is 8.23. The molecule has 128 valence electrons. The Morgan fingerprint density at radius 2 is 1.75 bits per heavy atom. The number of hydrogen-bond acceptors (Lipinski definition) is 3. The van der Waals surface area contributed by atoms with Crippen LogP contribution in [-0.2, 0) is 11.8 Å². The molecule has 2 rings (SSSR count). The van der Waals surface area contributed by atoms with E-state index in [1.54, 1.807) is 17.7 Å². The van der Waals surface area contributed by atoms with Gasteiger partial charge in [-0.1, -0.05) is 58.9 Å². The minimum Gasteiger partial charge on any atom is -0.302 e. The Labute approximate surface area is 147 Å². The predicted octanol–water partition coefficient (Wildman–Crippen LogP) is 2.79. The summed E-state index contributed by atoms with van der Waals surface area (Å²) in [7, 11) is 1.71. The van der Waals surface area contributed by atoms with Crippen molar-refractivity contribution in [3.05, 3.63) is 54.9 Å². The van der Waals surface area contributed by atoms with Crippen molar-refractivity contribution in [1.29, 1.82) is 0 Å². The van der Waals surface area contributed by atoms with Gasteiger partial charge in [0.05, 0.1) is 4.53 Å². The molecule has 0 bridgehead atoms. The van der Waals surface area contributed by atoms with Crippen LogP contribution in [0.5, 0.6) is 0 Å². The summed E-state index contributed by atoms with van der Waals surface area (Å²) in [6.45, 7) is 9.94. The molecule has 0 amide bonds. The van der Waals surface area contributed by atoms with Crippen LogP contribution in [0.15, 0.2) is 29.1 Å². The smallest absolute Gasteiger partial charge is 0.268 e. The summed E-state index contributed by atoms with van der Waals surface area (Å²) in [5.41, 5.74) is 1.75. The lowest BCUT2D eigenvalue weighted by molar-refractivity contribution is -0.120. The standard InChI is InChI=1S/C20H25NO2S/c1-13(2)15-9-7-14(8-10-15)11-16-19(23)21(6)18(24-16)12-17(22)20(3,4)5/h7-13H,1-6H3/b16-11+,18-12+. The molecule has 0 spiro atoms. The van der Waals surface area contributed by atoms with Crippen LogP contribution in [0.2, 0.25) is 0 Å². The van der Waals surface area contributed by atoms with Crippen LogP contribution in [0.3, 0.4) is 0 Å². The van der Waals surface area contributed by atoms with E-state index >= 15 is 0 Å². The van der Waals surface area contributed by atoms with Crippen LogP contribution in [0.25, 0.3) is 12.2 Å². The highest BCUT2D eigenvalue weighted by molar-refractivity contribution is 7.07. The van der Waals surface area contributed by atoms with E-state index in [2.05, 4.69) is 26.0 Å². The van der Waals surface area contributed by atoms with Crippen molar-refractivity contribution in [2.45, 2.75) is 40.5 Å². The fourth-order valence-corrected chi connectivity index (χ4v) is 3.20. The first-order valence-corrected chi connectivity index (χ1v) is 8.95. The molecule has 1 heterocycles. The summed E-state index contributed by atoms with van der Waals surface area (Å²) in [4.78, 5) is 24.6. The maximum absolute atomic E-state index is 12.4. The molecule has 3 nitrogen and oxygen atoms in total. The largest absolute Gasteiger partial charge is 0.302 e. The monoisotopic (exact) mass is 343 g/mol. The second-order valence-electron chi connectivity index (χ2n) is 7.39. The molecule has 0 N–H and O–H groups in total. The van der Waals surface area contributed by atoms with Gasteiger partial charge in [0.15, 0.2) is 5.78 Å². The van der Waals surface area contributed by atoms with Gasteiger partial charge < -0.3 is 4.57 Å². The average molecular weight is 343 g/mol. The predicted molar refractivity (Wildman–Crippen MR) is 102 cm³/mol. The van der Waals surface area contributed by atoms with Crippen LogP contribution >= 0.6 is 11.3 Å². The molecule has 0 fully saturated rings. The Kier molecular flexibility index (Phi) is 5.29. The number of rotatable bonds is 3. The fraction of sp³-hybridized carbons (Fsp3) is 0.400. The zero-order chi connectivity index (χ0) is 18.1. The summed E-state index contributed by atoms with van der Waals surface area (Å²) in [5.74, 6) is 0.505. The van der Waals surface area contributed by atoms with Gasteiger partial charge in [-0.3, -0.25) is 9.59 Å². The van der Waals surface area contributed by atoms with Crippen LogP contribution in [0.4, 0.5) is 0 Å². The van der Waals surface area contributed by atoms with E-state index in [1.807, 2.05) is 39.0 Å². The molecule has 0 aliphatic carbocycles. The topological polar surface area (TPSA) is 39.1 Å². The maximum atomic E-state index is 12.4. The minimum atomic E-state index is -0.448. The van der Waals surface area contributed by atoms with Gasteiger partial charge >= 0.3 is 0 Å². The van der Waals surface area contributed by atoms with Gasteiger partial charge in [-0.2, -0.15) is 0 Å². The van der Waals surface area contributed by atoms with Gasteiger partial charge in [0.25, 0.3) is 5.56 Å². The number of aromatic nitrogens is 1. The van der Waals surface area contributed by atoms with Crippen molar-refractivity contribution in [2.75, 3.05) is 0 Å². The summed E-state index contributed by atoms with van der Waals surface area (Å²) >= 11 is 1.35. The quantitative estimate of drug-likeness (QED) is 0.860. The molecular formula is C20H25NO2S. The highest BCUT2D eigenvalue weighted by Gasteiger charge is 2.19. The van der Waals surface area contributed by atoms with Crippen LogP contribution in [0, 0.1) is 5.41 Å². The van der Waals surface area contributed by atoms with Crippen molar-refractivity contribution in [3.8, 4) is 0 Å².